The lowest BCUT2D eigenvalue weighted by atomic mass is 9.87. The maximum absolute atomic E-state index is 4.59. The highest BCUT2D eigenvalue weighted by molar-refractivity contribution is 7.11. The topological polar surface area (TPSA) is 24.9 Å². The SMILES string of the molecule is C=CC(C)(CNCC)Cc1nc(C)c(C)s1. The van der Waals surface area contributed by atoms with Crippen LogP contribution >= 0.6 is 11.3 Å². The van der Waals surface area contributed by atoms with Crippen LogP contribution < -0.4 is 5.32 Å². The molecule has 1 aromatic heterocycles. The van der Waals surface area contributed by atoms with E-state index in [0.717, 1.165) is 25.2 Å². The molecule has 0 saturated heterocycles. The number of thiazole rings is 1. The van der Waals surface area contributed by atoms with Gasteiger partial charge in [-0.2, -0.15) is 0 Å². The van der Waals surface area contributed by atoms with Crippen molar-refractivity contribution in [2.75, 3.05) is 13.1 Å². The molecule has 0 bridgehead atoms. The fourth-order valence-electron chi connectivity index (χ4n) is 1.58. The molecule has 16 heavy (non-hydrogen) atoms. The first-order valence-corrected chi connectivity index (χ1v) is 6.59. The summed E-state index contributed by atoms with van der Waals surface area (Å²) in [6.45, 7) is 14.5. The Hall–Kier alpha value is -0.670. The van der Waals surface area contributed by atoms with Gasteiger partial charge in [-0.25, -0.2) is 4.98 Å². The lowest BCUT2D eigenvalue weighted by molar-refractivity contribution is 0.395. The average Bonchev–Trinajstić information content (AvgIpc) is 2.55. The van der Waals surface area contributed by atoms with Crippen molar-refractivity contribution in [2.24, 2.45) is 5.41 Å². The summed E-state index contributed by atoms with van der Waals surface area (Å²) in [6.07, 6.45) is 3.02. The zero-order valence-electron chi connectivity index (χ0n) is 10.8. The van der Waals surface area contributed by atoms with E-state index in [2.05, 4.69) is 44.6 Å². The number of rotatable bonds is 6. The molecule has 1 unspecified atom stereocenters. The molecule has 2 nitrogen and oxygen atoms in total. The molecule has 1 atom stereocenters. The largest absolute Gasteiger partial charge is 0.316 e. The smallest absolute Gasteiger partial charge is 0.0939 e. The second kappa shape index (κ2) is 5.60. The van der Waals surface area contributed by atoms with Crippen LogP contribution in [0.1, 0.15) is 29.4 Å². The van der Waals surface area contributed by atoms with Gasteiger partial charge in [-0.15, -0.1) is 17.9 Å². The lowest BCUT2D eigenvalue weighted by Gasteiger charge is -2.24. The van der Waals surface area contributed by atoms with Gasteiger partial charge in [0.15, 0.2) is 0 Å². The zero-order valence-corrected chi connectivity index (χ0v) is 11.6. The summed E-state index contributed by atoms with van der Waals surface area (Å²) >= 11 is 1.80. The maximum Gasteiger partial charge on any atom is 0.0939 e. The molecule has 0 radical (unpaired) electrons. The molecule has 1 N–H and O–H groups in total. The van der Waals surface area contributed by atoms with Crippen LogP contribution in [-0.2, 0) is 6.42 Å². The van der Waals surface area contributed by atoms with Crippen molar-refractivity contribution in [1.29, 1.82) is 0 Å². The second-order valence-corrected chi connectivity index (χ2v) is 5.85. The van der Waals surface area contributed by atoms with Crippen molar-refractivity contribution in [2.45, 2.75) is 34.1 Å². The van der Waals surface area contributed by atoms with Crippen molar-refractivity contribution in [3.63, 3.8) is 0 Å². The van der Waals surface area contributed by atoms with Gasteiger partial charge in [0.05, 0.1) is 10.7 Å². The molecule has 0 saturated carbocycles. The van der Waals surface area contributed by atoms with Crippen LogP contribution in [0.5, 0.6) is 0 Å². The molecule has 1 aromatic rings. The zero-order chi connectivity index (χ0) is 12.2. The Morgan fingerprint density at radius 2 is 2.19 bits per heavy atom. The summed E-state index contributed by atoms with van der Waals surface area (Å²) in [5.41, 5.74) is 1.27. The lowest BCUT2D eigenvalue weighted by Crippen LogP contribution is -2.31. The molecule has 0 aliphatic heterocycles. The highest BCUT2D eigenvalue weighted by Crippen LogP contribution is 2.27. The van der Waals surface area contributed by atoms with E-state index in [1.54, 1.807) is 11.3 Å². The summed E-state index contributed by atoms with van der Waals surface area (Å²) in [6, 6.07) is 0. The molecular formula is C13H22N2S. The standard InChI is InChI=1S/C13H22N2S/c1-6-13(5,9-14-7-2)8-12-15-10(3)11(4)16-12/h6,14H,1,7-9H2,2-5H3. The van der Waals surface area contributed by atoms with E-state index in [-0.39, 0.29) is 5.41 Å². The molecule has 0 fully saturated rings. The Morgan fingerprint density at radius 3 is 2.62 bits per heavy atom. The molecule has 1 rings (SSSR count). The van der Waals surface area contributed by atoms with Gasteiger partial charge >= 0.3 is 0 Å². The van der Waals surface area contributed by atoms with Crippen molar-refractivity contribution >= 4 is 11.3 Å². The van der Waals surface area contributed by atoms with Gasteiger partial charge in [0.2, 0.25) is 0 Å². The molecular weight excluding hydrogens is 216 g/mol. The number of hydrogen-bond donors (Lipinski definition) is 1. The normalized spacial score (nSPS) is 14.8. The van der Waals surface area contributed by atoms with Crippen molar-refractivity contribution < 1.29 is 0 Å². The van der Waals surface area contributed by atoms with E-state index in [1.807, 2.05) is 6.08 Å². The van der Waals surface area contributed by atoms with E-state index < -0.39 is 0 Å². The second-order valence-electron chi connectivity index (χ2n) is 4.56. The molecule has 3 heteroatoms. The number of nitrogens with zero attached hydrogens (tertiary/aromatic N) is 1. The fourth-order valence-corrected chi connectivity index (χ4v) is 2.71. The quantitative estimate of drug-likeness (QED) is 0.770. The van der Waals surface area contributed by atoms with Crippen molar-refractivity contribution in [3.05, 3.63) is 28.2 Å². The van der Waals surface area contributed by atoms with Crippen LogP contribution in [0, 0.1) is 19.3 Å². The Kier molecular flexibility index (Phi) is 4.69. The van der Waals surface area contributed by atoms with E-state index >= 15 is 0 Å². The first-order chi connectivity index (χ1) is 7.50. The molecule has 0 aliphatic rings. The molecule has 0 amide bonds. The Bertz CT molecular complexity index is 337. The Morgan fingerprint density at radius 1 is 1.50 bits per heavy atom. The highest BCUT2D eigenvalue weighted by Gasteiger charge is 2.22. The Balaban J connectivity index is 2.72. The number of hydrogen-bond acceptors (Lipinski definition) is 3. The van der Waals surface area contributed by atoms with Gasteiger partial charge in [0, 0.05) is 23.3 Å². The summed E-state index contributed by atoms with van der Waals surface area (Å²) in [5.74, 6) is 0. The van der Waals surface area contributed by atoms with E-state index in [4.69, 9.17) is 0 Å². The highest BCUT2D eigenvalue weighted by atomic mass is 32.1. The number of aryl methyl sites for hydroxylation is 2. The summed E-state index contributed by atoms with van der Waals surface area (Å²) in [5, 5.41) is 4.60. The molecule has 0 aromatic carbocycles. The molecule has 1 heterocycles. The summed E-state index contributed by atoms with van der Waals surface area (Å²) < 4.78 is 0. The van der Waals surface area contributed by atoms with Gasteiger partial charge in [-0.1, -0.05) is 19.9 Å². The minimum atomic E-state index is 0.104. The molecule has 0 aliphatic carbocycles. The van der Waals surface area contributed by atoms with Gasteiger partial charge in [-0.05, 0) is 20.4 Å². The first-order valence-electron chi connectivity index (χ1n) is 5.78. The van der Waals surface area contributed by atoms with Crippen molar-refractivity contribution in [1.82, 2.24) is 10.3 Å². The fraction of sp³-hybridized carbons (Fsp3) is 0.615. The van der Waals surface area contributed by atoms with Crippen LogP contribution in [-0.4, -0.2) is 18.1 Å². The van der Waals surface area contributed by atoms with Crippen LogP contribution in [0.15, 0.2) is 12.7 Å². The summed E-state index contributed by atoms with van der Waals surface area (Å²) in [4.78, 5) is 5.92. The van der Waals surface area contributed by atoms with E-state index in [0.29, 0.717) is 0 Å². The predicted molar refractivity (Wildman–Crippen MR) is 72.1 cm³/mol. The number of aromatic nitrogens is 1. The predicted octanol–water partition coefficient (Wildman–Crippen LogP) is 3.10. The van der Waals surface area contributed by atoms with Crippen LogP contribution in [0.3, 0.4) is 0 Å². The third kappa shape index (κ3) is 3.42. The molecule has 90 valence electrons. The summed E-state index contributed by atoms with van der Waals surface area (Å²) in [7, 11) is 0. The van der Waals surface area contributed by atoms with Crippen LogP contribution in [0.25, 0.3) is 0 Å². The van der Waals surface area contributed by atoms with Gasteiger partial charge in [-0.3, -0.25) is 0 Å². The van der Waals surface area contributed by atoms with Gasteiger partial charge < -0.3 is 5.32 Å². The van der Waals surface area contributed by atoms with Gasteiger partial charge in [0.1, 0.15) is 0 Å². The number of nitrogens with one attached hydrogen (secondary N) is 1. The minimum absolute atomic E-state index is 0.104. The van der Waals surface area contributed by atoms with E-state index in [9.17, 15) is 0 Å². The third-order valence-corrected chi connectivity index (χ3v) is 3.97. The van der Waals surface area contributed by atoms with Crippen molar-refractivity contribution in [3.8, 4) is 0 Å². The molecule has 0 spiro atoms. The van der Waals surface area contributed by atoms with E-state index in [1.165, 1.54) is 9.88 Å². The van der Waals surface area contributed by atoms with Crippen LogP contribution in [0.4, 0.5) is 0 Å². The average molecular weight is 238 g/mol. The first kappa shape index (κ1) is 13.4. The Labute approximate surface area is 103 Å². The minimum Gasteiger partial charge on any atom is -0.316 e. The van der Waals surface area contributed by atoms with Gasteiger partial charge in [0.25, 0.3) is 0 Å². The third-order valence-electron chi connectivity index (χ3n) is 2.90. The maximum atomic E-state index is 4.59. The van der Waals surface area contributed by atoms with Crippen LogP contribution in [0.2, 0.25) is 0 Å². The monoisotopic (exact) mass is 238 g/mol.